The molecule has 3 aromatic rings. The normalized spacial score (nSPS) is 17.9. The highest BCUT2D eigenvalue weighted by molar-refractivity contribution is 5.90. The Morgan fingerprint density at radius 2 is 1.92 bits per heavy atom. The van der Waals surface area contributed by atoms with Crippen molar-refractivity contribution in [2.45, 2.75) is 57.9 Å². The van der Waals surface area contributed by atoms with E-state index in [0.29, 0.717) is 26.1 Å². The summed E-state index contributed by atoms with van der Waals surface area (Å²) in [5, 5.41) is 13.2. The Bertz CT molecular complexity index is 1240. The highest BCUT2D eigenvalue weighted by Gasteiger charge is 2.34. The van der Waals surface area contributed by atoms with Crippen LogP contribution in [0.25, 0.3) is 17.0 Å². The van der Waals surface area contributed by atoms with Gasteiger partial charge in [-0.2, -0.15) is 0 Å². The highest BCUT2D eigenvalue weighted by atomic mass is 16.5. The summed E-state index contributed by atoms with van der Waals surface area (Å²) in [7, 11) is 0. The molecule has 0 radical (unpaired) electrons. The molecule has 8 heteroatoms. The van der Waals surface area contributed by atoms with Crippen molar-refractivity contribution in [3.63, 3.8) is 0 Å². The number of hydrogen-bond donors (Lipinski definition) is 4. The summed E-state index contributed by atoms with van der Waals surface area (Å²) in [6, 6.07) is 15.6. The molecular formula is C29H36N4O4. The van der Waals surface area contributed by atoms with Crippen molar-refractivity contribution < 1.29 is 19.5 Å². The van der Waals surface area contributed by atoms with Gasteiger partial charge in [-0.05, 0) is 62.4 Å². The first kappa shape index (κ1) is 26.6. The minimum atomic E-state index is -0.587. The fraction of sp³-hybridized carbons (Fsp3) is 0.379. The topological polar surface area (TPSA) is 107 Å². The molecule has 1 aliphatic rings. The lowest BCUT2D eigenvalue weighted by Crippen LogP contribution is -2.44. The molecule has 8 nitrogen and oxygen atoms in total. The number of hydrogen-bond acceptors (Lipinski definition) is 5. The molecule has 4 rings (SSSR count). The number of hydroxylamine groups is 1. The van der Waals surface area contributed by atoms with Crippen molar-refractivity contribution in [2.75, 3.05) is 13.1 Å². The van der Waals surface area contributed by atoms with Gasteiger partial charge in [0.2, 0.25) is 5.91 Å². The van der Waals surface area contributed by atoms with Gasteiger partial charge in [0.15, 0.2) is 0 Å². The molecule has 2 unspecified atom stereocenters. The van der Waals surface area contributed by atoms with E-state index in [1.807, 2.05) is 68.3 Å². The van der Waals surface area contributed by atoms with Crippen LogP contribution in [0.15, 0.2) is 60.8 Å². The third-order valence-corrected chi connectivity index (χ3v) is 6.44. The van der Waals surface area contributed by atoms with Crippen LogP contribution in [0.4, 0.5) is 0 Å². The molecule has 1 aliphatic heterocycles. The molecule has 196 valence electrons. The number of amides is 2. The van der Waals surface area contributed by atoms with E-state index in [-0.39, 0.29) is 23.7 Å². The summed E-state index contributed by atoms with van der Waals surface area (Å²) >= 11 is 0. The van der Waals surface area contributed by atoms with Crippen molar-refractivity contribution in [3.05, 3.63) is 77.5 Å². The number of carbonyl (C=O) groups is 2. The standard InChI is InChI=1S/C29H36N4O4/c1-29(2,3)37-23-16-26(31-18-23)28(35)33(15-14-22-17-30-25-7-5-4-6-24(22)25)19-21-10-8-20(9-11-21)12-13-27(34)32-36/h4-13,17,23,26,30-31,36H,14-16,18-19H2,1-3H3,(H,32,34). The molecule has 1 saturated heterocycles. The maximum atomic E-state index is 13.7. The van der Waals surface area contributed by atoms with Gasteiger partial charge in [0, 0.05) is 42.8 Å². The van der Waals surface area contributed by atoms with Gasteiger partial charge in [-0.25, -0.2) is 5.48 Å². The minimum absolute atomic E-state index is 0.00612. The minimum Gasteiger partial charge on any atom is -0.371 e. The van der Waals surface area contributed by atoms with E-state index in [9.17, 15) is 9.59 Å². The SMILES string of the molecule is CC(C)(C)OC1CNC(C(=O)N(CCc2c[nH]c3ccccc23)Cc2ccc(C=CC(=O)NO)cc2)C1. The molecule has 0 aliphatic carbocycles. The largest absolute Gasteiger partial charge is 0.371 e. The molecule has 2 heterocycles. The van der Waals surface area contributed by atoms with E-state index in [0.717, 1.165) is 23.1 Å². The van der Waals surface area contributed by atoms with Gasteiger partial charge in [0.1, 0.15) is 0 Å². The lowest BCUT2D eigenvalue weighted by atomic mass is 10.1. The Morgan fingerprint density at radius 3 is 2.65 bits per heavy atom. The number of carbonyl (C=O) groups excluding carboxylic acids is 2. The molecule has 2 atom stereocenters. The van der Waals surface area contributed by atoms with Crippen molar-refractivity contribution in [1.29, 1.82) is 0 Å². The van der Waals surface area contributed by atoms with E-state index in [1.54, 1.807) is 11.6 Å². The zero-order chi connectivity index (χ0) is 26.4. The van der Waals surface area contributed by atoms with Crippen molar-refractivity contribution in [3.8, 4) is 0 Å². The molecule has 37 heavy (non-hydrogen) atoms. The second kappa shape index (κ2) is 11.7. The first-order chi connectivity index (χ1) is 17.7. The molecule has 2 amide bonds. The summed E-state index contributed by atoms with van der Waals surface area (Å²) in [6.07, 6.45) is 6.29. The fourth-order valence-electron chi connectivity index (χ4n) is 4.73. The van der Waals surface area contributed by atoms with E-state index in [4.69, 9.17) is 9.94 Å². The number of aromatic nitrogens is 1. The number of nitrogens with one attached hydrogen (secondary N) is 3. The van der Waals surface area contributed by atoms with Crippen LogP contribution in [0.5, 0.6) is 0 Å². The second-order valence-corrected chi connectivity index (χ2v) is 10.5. The van der Waals surface area contributed by atoms with E-state index in [1.165, 1.54) is 17.0 Å². The molecule has 4 N–H and O–H groups in total. The quantitative estimate of drug-likeness (QED) is 0.201. The van der Waals surface area contributed by atoms with Gasteiger partial charge < -0.3 is 19.9 Å². The molecular weight excluding hydrogens is 468 g/mol. The van der Waals surface area contributed by atoms with Crippen LogP contribution in [0.2, 0.25) is 0 Å². The summed E-state index contributed by atoms with van der Waals surface area (Å²) in [5.41, 5.74) is 5.42. The zero-order valence-electron chi connectivity index (χ0n) is 21.7. The average Bonchev–Trinajstić information content (AvgIpc) is 3.51. The van der Waals surface area contributed by atoms with Gasteiger partial charge in [0.05, 0.1) is 17.7 Å². The molecule has 1 aromatic heterocycles. The van der Waals surface area contributed by atoms with E-state index >= 15 is 0 Å². The molecule has 1 fully saturated rings. The van der Waals surface area contributed by atoms with Crippen molar-refractivity contribution in [2.24, 2.45) is 0 Å². The van der Waals surface area contributed by atoms with Crippen LogP contribution < -0.4 is 10.8 Å². The van der Waals surface area contributed by atoms with Gasteiger partial charge in [0.25, 0.3) is 5.91 Å². The molecule has 0 spiro atoms. The monoisotopic (exact) mass is 504 g/mol. The second-order valence-electron chi connectivity index (χ2n) is 10.5. The summed E-state index contributed by atoms with van der Waals surface area (Å²) in [6.45, 7) is 7.82. The third-order valence-electron chi connectivity index (χ3n) is 6.44. The Balaban J connectivity index is 1.48. The smallest absolute Gasteiger partial charge is 0.267 e. The summed E-state index contributed by atoms with van der Waals surface area (Å²) in [4.78, 5) is 30.2. The van der Waals surface area contributed by atoms with E-state index < -0.39 is 5.91 Å². The van der Waals surface area contributed by atoms with Crippen LogP contribution in [0.3, 0.4) is 0 Å². The van der Waals surface area contributed by atoms with E-state index in [2.05, 4.69) is 22.4 Å². The van der Waals surface area contributed by atoms with Gasteiger partial charge >= 0.3 is 0 Å². The lowest BCUT2D eigenvalue weighted by Gasteiger charge is -2.27. The van der Waals surface area contributed by atoms with Gasteiger partial charge in [-0.1, -0.05) is 42.5 Å². The zero-order valence-corrected chi connectivity index (χ0v) is 21.7. The van der Waals surface area contributed by atoms with Crippen LogP contribution in [-0.4, -0.2) is 57.7 Å². The number of H-pyrrole nitrogens is 1. The van der Waals surface area contributed by atoms with Gasteiger partial charge in [-0.3, -0.25) is 14.8 Å². The number of nitrogens with zero attached hydrogens (tertiary/aromatic N) is 1. The predicted octanol–water partition coefficient (Wildman–Crippen LogP) is 3.80. The maximum absolute atomic E-state index is 13.7. The first-order valence-electron chi connectivity index (χ1n) is 12.7. The van der Waals surface area contributed by atoms with Crippen LogP contribution in [-0.2, 0) is 27.3 Å². The number of benzene rings is 2. The van der Waals surface area contributed by atoms with Crippen LogP contribution in [0, 0.1) is 0 Å². The number of fused-ring (bicyclic) bond motifs is 1. The fourth-order valence-corrected chi connectivity index (χ4v) is 4.73. The number of aromatic amines is 1. The highest BCUT2D eigenvalue weighted by Crippen LogP contribution is 2.22. The number of ether oxygens (including phenoxy) is 1. The Morgan fingerprint density at radius 1 is 1.16 bits per heavy atom. The molecule has 2 aromatic carbocycles. The maximum Gasteiger partial charge on any atom is 0.267 e. The van der Waals surface area contributed by atoms with Gasteiger partial charge in [-0.15, -0.1) is 0 Å². The third kappa shape index (κ3) is 7.29. The van der Waals surface area contributed by atoms with Crippen molar-refractivity contribution in [1.82, 2.24) is 20.7 Å². The lowest BCUT2D eigenvalue weighted by molar-refractivity contribution is -0.134. The first-order valence-corrected chi connectivity index (χ1v) is 12.7. The Labute approximate surface area is 217 Å². The summed E-state index contributed by atoms with van der Waals surface area (Å²) < 4.78 is 6.12. The van der Waals surface area contributed by atoms with Crippen LogP contribution in [0.1, 0.15) is 43.9 Å². The predicted molar refractivity (Wildman–Crippen MR) is 144 cm³/mol. The summed E-state index contributed by atoms with van der Waals surface area (Å²) in [5.74, 6) is -0.514. The average molecular weight is 505 g/mol. The Hall–Kier alpha value is -3.46. The van der Waals surface area contributed by atoms with Crippen LogP contribution >= 0.6 is 0 Å². The molecule has 0 saturated carbocycles. The number of rotatable bonds is 9. The Kier molecular flexibility index (Phi) is 8.43. The van der Waals surface area contributed by atoms with Crippen molar-refractivity contribution >= 4 is 28.8 Å². The number of para-hydroxylation sites is 1. The molecule has 0 bridgehead atoms.